The molecular formula is C19H24N2O. The zero-order valence-electron chi connectivity index (χ0n) is 13.3. The number of aromatic nitrogens is 2. The van der Waals surface area contributed by atoms with Gasteiger partial charge in [0, 0.05) is 12.6 Å². The molecule has 3 nitrogen and oxygen atoms in total. The first kappa shape index (κ1) is 16.3. The van der Waals surface area contributed by atoms with Crippen LogP contribution >= 0.6 is 0 Å². The number of pyridine rings is 2. The van der Waals surface area contributed by atoms with Gasteiger partial charge in [0.25, 0.3) is 0 Å². The van der Waals surface area contributed by atoms with Gasteiger partial charge in [-0.3, -0.25) is 9.78 Å². The maximum Gasteiger partial charge on any atom is 0.181 e. The Labute approximate surface area is 132 Å². The van der Waals surface area contributed by atoms with Crippen LogP contribution in [0.1, 0.15) is 62.4 Å². The first-order valence-corrected chi connectivity index (χ1v) is 8.23. The van der Waals surface area contributed by atoms with E-state index in [0.717, 1.165) is 24.2 Å². The van der Waals surface area contributed by atoms with E-state index < -0.39 is 0 Å². The van der Waals surface area contributed by atoms with Crippen LogP contribution in [0, 0.1) is 0 Å². The molecule has 0 radical (unpaired) electrons. The summed E-state index contributed by atoms with van der Waals surface area (Å²) in [5.41, 5.74) is 2.11. The van der Waals surface area contributed by atoms with Crippen LogP contribution in [0.15, 0.2) is 42.6 Å². The molecule has 0 saturated carbocycles. The normalized spacial score (nSPS) is 10.6. The van der Waals surface area contributed by atoms with Crippen molar-refractivity contribution in [2.24, 2.45) is 0 Å². The summed E-state index contributed by atoms with van der Waals surface area (Å²) >= 11 is 0. The number of nitrogens with zero attached hydrogens (tertiary/aromatic N) is 2. The highest BCUT2D eigenvalue weighted by atomic mass is 16.1. The summed E-state index contributed by atoms with van der Waals surface area (Å²) in [6, 6.07) is 11.3. The van der Waals surface area contributed by atoms with Crippen molar-refractivity contribution in [1.29, 1.82) is 0 Å². The van der Waals surface area contributed by atoms with Gasteiger partial charge < -0.3 is 0 Å². The highest BCUT2D eigenvalue weighted by Crippen LogP contribution is 2.15. The number of carbonyl (C=O) groups excluding carboxylic acids is 1. The largest absolute Gasteiger partial charge is 0.292 e. The van der Waals surface area contributed by atoms with Crippen LogP contribution in [0.25, 0.3) is 11.4 Å². The van der Waals surface area contributed by atoms with Crippen molar-refractivity contribution in [3.8, 4) is 11.4 Å². The molecule has 116 valence electrons. The molecule has 0 aromatic carbocycles. The van der Waals surface area contributed by atoms with Crippen molar-refractivity contribution in [2.75, 3.05) is 0 Å². The molecule has 2 aromatic heterocycles. The van der Waals surface area contributed by atoms with Crippen LogP contribution in [-0.4, -0.2) is 15.8 Å². The lowest BCUT2D eigenvalue weighted by molar-refractivity contribution is 0.0974. The molecule has 0 aliphatic carbocycles. The Bertz CT molecular complexity index is 581. The van der Waals surface area contributed by atoms with Gasteiger partial charge in [-0.2, -0.15) is 0 Å². The molecule has 0 fully saturated rings. The summed E-state index contributed by atoms with van der Waals surface area (Å²) in [5.74, 6) is 0.133. The fourth-order valence-corrected chi connectivity index (χ4v) is 2.44. The second-order valence-electron chi connectivity index (χ2n) is 5.56. The number of unbranched alkanes of at least 4 members (excludes halogenated alkanes) is 5. The number of carbonyl (C=O) groups is 1. The Morgan fingerprint density at radius 2 is 1.68 bits per heavy atom. The van der Waals surface area contributed by atoms with Crippen molar-refractivity contribution in [2.45, 2.75) is 51.9 Å². The highest BCUT2D eigenvalue weighted by Gasteiger charge is 2.09. The molecule has 0 unspecified atom stereocenters. The zero-order valence-corrected chi connectivity index (χ0v) is 13.3. The molecule has 2 aromatic rings. The van der Waals surface area contributed by atoms with Crippen LogP contribution in [0.5, 0.6) is 0 Å². The first-order chi connectivity index (χ1) is 10.8. The molecule has 0 bridgehead atoms. The molecule has 0 saturated heterocycles. The molecule has 0 atom stereocenters. The van der Waals surface area contributed by atoms with Crippen molar-refractivity contribution in [3.63, 3.8) is 0 Å². The third-order valence-corrected chi connectivity index (χ3v) is 3.72. The van der Waals surface area contributed by atoms with E-state index in [4.69, 9.17) is 0 Å². The topological polar surface area (TPSA) is 42.9 Å². The van der Waals surface area contributed by atoms with Gasteiger partial charge in [-0.1, -0.05) is 51.2 Å². The standard InChI is InChI=1S/C19H24N2O/c1-2-3-4-5-6-7-14-19(22)18-13-10-12-17(21-18)16-11-8-9-15-20-16/h8-13,15H,2-7,14H2,1H3. The predicted molar refractivity (Wildman–Crippen MR) is 89.8 cm³/mol. The van der Waals surface area contributed by atoms with E-state index in [1.807, 2.05) is 30.3 Å². The highest BCUT2D eigenvalue weighted by molar-refractivity contribution is 5.94. The van der Waals surface area contributed by atoms with Gasteiger partial charge in [-0.05, 0) is 30.7 Å². The van der Waals surface area contributed by atoms with Gasteiger partial charge in [0.1, 0.15) is 5.69 Å². The SMILES string of the molecule is CCCCCCCCC(=O)c1cccc(-c2ccccn2)n1. The lowest BCUT2D eigenvalue weighted by Gasteiger charge is -2.04. The number of ketones is 1. The van der Waals surface area contributed by atoms with Crippen molar-refractivity contribution in [3.05, 3.63) is 48.3 Å². The number of rotatable bonds is 9. The van der Waals surface area contributed by atoms with E-state index in [-0.39, 0.29) is 5.78 Å². The average molecular weight is 296 g/mol. The molecule has 0 amide bonds. The van der Waals surface area contributed by atoms with Crippen molar-refractivity contribution < 1.29 is 4.79 Å². The van der Waals surface area contributed by atoms with Crippen LogP contribution in [0.4, 0.5) is 0 Å². The van der Waals surface area contributed by atoms with Crippen molar-refractivity contribution >= 4 is 5.78 Å². The molecule has 0 spiro atoms. The summed E-state index contributed by atoms with van der Waals surface area (Å²) in [5, 5.41) is 0. The quantitative estimate of drug-likeness (QED) is 0.479. The molecule has 22 heavy (non-hydrogen) atoms. The maximum atomic E-state index is 12.2. The third-order valence-electron chi connectivity index (χ3n) is 3.72. The average Bonchev–Trinajstić information content (AvgIpc) is 2.59. The number of hydrogen-bond acceptors (Lipinski definition) is 3. The van der Waals surface area contributed by atoms with E-state index >= 15 is 0 Å². The lowest BCUT2D eigenvalue weighted by Crippen LogP contribution is -2.03. The van der Waals surface area contributed by atoms with E-state index in [1.54, 1.807) is 12.3 Å². The van der Waals surface area contributed by atoms with Crippen LogP contribution < -0.4 is 0 Å². The number of Topliss-reactive ketones (excluding diaryl/α,β-unsaturated/α-hetero) is 1. The van der Waals surface area contributed by atoms with E-state index in [0.29, 0.717) is 12.1 Å². The minimum absolute atomic E-state index is 0.133. The Balaban J connectivity index is 1.88. The first-order valence-electron chi connectivity index (χ1n) is 8.23. The summed E-state index contributed by atoms with van der Waals surface area (Å²) in [6.45, 7) is 2.21. The van der Waals surface area contributed by atoms with E-state index in [9.17, 15) is 4.79 Å². The Morgan fingerprint density at radius 1 is 0.909 bits per heavy atom. The van der Waals surface area contributed by atoms with Crippen LogP contribution in [0.3, 0.4) is 0 Å². The maximum absolute atomic E-state index is 12.2. The van der Waals surface area contributed by atoms with E-state index in [1.165, 1.54) is 25.7 Å². The Kier molecular flexibility index (Phi) is 6.75. The zero-order chi connectivity index (χ0) is 15.6. The fraction of sp³-hybridized carbons (Fsp3) is 0.421. The molecule has 0 N–H and O–H groups in total. The van der Waals surface area contributed by atoms with Gasteiger partial charge in [0.15, 0.2) is 5.78 Å². The second-order valence-corrected chi connectivity index (χ2v) is 5.56. The molecule has 2 heterocycles. The molecule has 2 rings (SSSR count). The van der Waals surface area contributed by atoms with Crippen molar-refractivity contribution in [1.82, 2.24) is 9.97 Å². The molecule has 0 aliphatic rings. The van der Waals surface area contributed by atoms with Gasteiger partial charge in [0.05, 0.1) is 11.4 Å². The van der Waals surface area contributed by atoms with Crippen LogP contribution in [0.2, 0.25) is 0 Å². The second kappa shape index (κ2) is 9.08. The molecule has 3 heteroatoms. The van der Waals surface area contributed by atoms with Gasteiger partial charge in [-0.15, -0.1) is 0 Å². The smallest absolute Gasteiger partial charge is 0.181 e. The minimum atomic E-state index is 0.133. The molecule has 0 aliphatic heterocycles. The lowest BCUT2D eigenvalue weighted by atomic mass is 10.1. The fourth-order valence-electron chi connectivity index (χ4n) is 2.44. The Morgan fingerprint density at radius 3 is 2.45 bits per heavy atom. The number of hydrogen-bond donors (Lipinski definition) is 0. The summed E-state index contributed by atoms with van der Waals surface area (Å²) in [6.07, 6.45) is 9.46. The third kappa shape index (κ3) is 5.06. The molecular weight excluding hydrogens is 272 g/mol. The minimum Gasteiger partial charge on any atom is -0.292 e. The summed E-state index contributed by atoms with van der Waals surface area (Å²) < 4.78 is 0. The van der Waals surface area contributed by atoms with Gasteiger partial charge in [0.2, 0.25) is 0 Å². The summed E-state index contributed by atoms with van der Waals surface area (Å²) in [4.78, 5) is 21.0. The summed E-state index contributed by atoms with van der Waals surface area (Å²) in [7, 11) is 0. The van der Waals surface area contributed by atoms with Gasteiger partial charge in [-0.25, -0.2) is 4.98 Å². The van der Waals surface area contributed by atoms with E-state index in [2.05, 4.69) is 16.9 Å². The Hall–Kier alpha value is -2.03. The van der Waals surface area contributed by atoms with Gasteiger partial charge >= 0.3 is 0 Å². The van der Waals surface area contributed by atoms with Crippen LogP contribution in [-0.2, 0) is 0 Å². The predicted octanol–water partition coefficient (Wildman–Crippen LogP) is 5.08. The monoisotopic (exact) mass is 296 g/mol.